The first-order valence-corrected chi connectivity index (χ1v) is 9.92. The number of fused-ring (bicyclic) bond motifs is 1. The Labute approximate surface area is 160 Å². The van der Waals surface area contributed by atoms with Crippen molar-refractivity contribution < 1.29 is 4.79 Å². The number of amides is 2. The Kier molecular flexibility index (Phi) is 6.49. The van der Waals surface area contributed by atoms with E-state index in [1.165, 1.54) is 0 Å². The van der Waals surface area contributed by atoms with Crippen molar-refractivity contribution in [1.29, 1.82) is 0 Å². The van der Waals surface area contributed by atoms with Crippen molar-refractivity contribution in [2.24, 2.45) is 0 Å². The van der Waals surface area contributed by atoms with Crippen molar-refractivity contribution in [3.63, 3.8) is 0 Å². The highest BCUT2D eigenvalue weighted by Gasteiger charge is 2.41. The third-order valence-corrected chi connectivity index (χ3v) is 5.62. The van der Waals surface area contributed by atoms with Gasteiger partial charge in [-0.3, -0.25) is 0 Å². The summed E-state index contributed by atoms with van der Waals surface area (Å²) >= 11 is 0. The molecule has 2 aromatic heterocycles. The van der Waals surface area contributed by atoms with Crippen molar-refractivity contribution in [3.8, 4) is 0 Å². The van der Waals surface area contributed by atoms with E-state index in [1.54, 1.807) is 6.33 Å². The van der Waals surface area contributed by atoms with Crippen LogP contribution in [0.25, 0.3) is 11.0 Å². The summed E-state index contributed by atoms with van der Waals surface area (Å²) in [5, 5.41) is 10.5. The van der Waals surface area contributed by atoms with Gasteiger partial charge in [0.1, 0.15) is 17.8 Å². The predicted octanol–water partition coefficient (Wildman–Crippen LogP) is 2.32. The third-order valence-electron chi connectivity index (χ3n) is 5.62. The Balaban J connectivity index is 1.54. The number of nitrogens with one attached hydrogen (secondary N) is 4. The highest BCUT2D eigenvalue weighted by molar-refractivity contribution is 5.86. The lowest BCUT2D eigenvalue weighted by Gasteiger charge is -2.38. The van der Waals surface area contributed by atoms with Crippen LogP contribution in [0.5, 0.6) is 0 Å². The van der Waals surface area contributed by atoms with Crippen LogP contribution >= 0.6 is 0 Å². The molecule has 8 heteroatoms. The molecule has 0 bridgehead atoms. The fourth-order valence-electron chi connectivity index (χ4n) is 4.09. The van der Waals surface area contributed by atoms with Gasteiger partial charge in [-0.15, -0.1) is 0 Å². The molecule has 1 fully saturated rings. The van der Waals surface area contributed by atoms with Crippen LogP contribution in [-0.4, -0.2) is 64.6 Å². The number of aromatic amines is 1. The Morgan fingerprint density at radius 1 is 1.33 bits per heavy atom. The van der Waals surface area contributed by atoms with Crippen LogP contribution in [0.1, 0.15) is 39.0 Å². The summed E-state index contributed by atoms with van der Waals surface area (Å²) in [7, 11) is 1.89. The lowest BCUT2D eigenvalue weighted by Crippen LogP contribution is -2.52. The second-order valence-corrected chi connectivity index (χ2v) is 7.16. The summed E-state index contributed by atoms with van der Waals surface area (Å²) in [5.74, 6) is 0.861. The summed E-state index contributed by atoms with van der Waals surface area (Å²) in [6, 6.07) is 2.06. The summed E-state index contributed by atoms with van der Waals surface area (Å²) in [5.41, 5.74) is 0.818. The maximum Gasteiger partial charge on any atom is 0.317 e. The smallest absolute Gasteiger partial charge is 0.317 e. The Hall–Kier alpha value is -2.35. The largest absolute Gasteiger partial charge is 0.369 e. The Morgan fingerprint density at radius 2 is 2.22 bits per heavy atom. The lowest BCUT2D eigenvalue weighted by atomic mass is 9.87. The molecule has 148 valence electrons. The number of anilines is 1. The van der Waals surface area contributed by atoms with Gasteiger partial charge in [-0.2, -0.15) is 0 Å². The number of likely N-dealkylation sites (tertiary alicyclic amines) is 1. The zero-order valence-corrected chi connectivity index (χ0v) is 16.3. The van der Waals surface area contributed by atoms with E-state index in [4.69, 9.17) is 0 Å². The van der Waals surface area contributed by atoms with Gasteiger partial charge in [0.25, 0.3) is 0 Å². The molecule has 1 unspecified atom stereocenters. The maximum absolute atomic E-state index is 12.6. The van der Waals surface area contributed by atoms with Crippen LogP contribution in [0.2, 0.25) is 0 Å². The van der Waals surface area contributed by atoms with Crippen molar-refractivity contribution in [2.45, 2.75) is 44.6 Å². The summed E-state index contributed by atoms with van der Waals surface area (Å²) in [6.07, 6.45) is 8.58. The molecular weight excluding hydrogens is 342 g/mol. The first kappa shape index (κ1) is 19.4. The van der Waals surface area contributed by atoms with E-state index in [9.17, 15) is 4.79 Å². The molecule has 1 atom stereocenters. The van der Waals surface area contributed by atoms with Crippen molar-refractivity contribution in [2.75, 3.05) is 38.5 Å². The molecule has 0 radical (unpaired) electrons. The first-order valence-electron chi connectivity index (χ1n) is 9.92. The van der Waals surface area contributed by atoms with Gasteiger partial charge in [-0.1, -0.05) is 6.92 Å². The molecule has 0 saturated carbocycles. The van der Waals surface area contributed by atoms with E-state index >= 15 is 0 Å². The van der Waals surface area contributed by atoms with Crippen LogP contribution in [0.3, 0.4) is 0 Å². The summed E-state index contributed by atoms with van der Waals surface area (Å²) in [4.78, 5) is 26.3. The fourth-order valence-corrected chi connectivity index (χ4v) is 4.09. The van der Waals surface area contributed by atoms with Crippen LogP contribution in [0, 0.1) is 0 Å². The van der Waals surface area contributed by atoms with Gasteiger partial charge < -0.3 is 25.8 Å². The highest BCUT2D eigenvalue weighted by Crippen LogP contribution is 2.36. The molecule has 0 aromatic carbocycles. The normalized spacial score (nSPS) is 19.6. The van der Waals surface area contributed by atoms with Crippen LogP contribution in [0.4, 0.5) is 10.6 Å². The molecular formula is C19H31N7O. The molecule has 1 saturated heterocycles. The molecule has 1 aliphatic heterocycles. The SMILES string of the molecule is CCC1(CCCNc2ncnc3[nH]ccc23)CCCN1C(=O)NCCNC. The minimum Gasteiger partial charge on any atom is -0.369 e. The summed E-state index contributed by atoms with van der Waals surface area (Å²) < 4.78 is 0. The van der Waals surface area contributed by atoms with Gasteiger partial charge in [0, 0.05) is 37.9 Å². The number of hydrogen-bond donors (Lipinski definition) is 4. The number of nitrogens with zero attached hydrogens (tertiary/aromatic N) is 3. The van der Waals surface area contributed by atoms with E-state index in [-0.39, 0.29) is 11.6 Å². The molecule has 2 aromatic rings. The zero-order valence-electron chi connectivity index (χ0n) is 16.3. The zero-order chi connectivity index (χ0) is 19.1. The van der Waals surface area contributed by atoms with Gasteiger partial charge >= 0.3 is 6.03 Å². The molecule has 8 nitrogen and oxygen atoms in total. The Bertz CT molecular complexity index is 746. The average Bonchev–Trinajstić information content (AvgIpc) is 3.33. The van der Waals surface area contributed by atoms with Gasteiger partial charge in [0.15, 0.2) is 0 Å². The minimum atomic E-state index is -0.0273. The minimum absolute atomic E-state index is 0.0273. The predicted molar refractivity (Wildman–Crippen MR) is 108 cm³/mol. The van der Waals surface area contributed by atoms with E-state index in [0.29, 0.717) is 6.54 Å². The number of urea groups is 1. The first-order chi connectivity index (χ1) is 13.2. The van der Waals surface area contributed by atoms with Crippen LogP contribution in [0.15, 0.2) is 18.6 Å². The van der Waals surface area contributed by atoms with E-state index in [0.717, 1.165) is 68.6 Å². The third kappa shape index (κ3) is 4.32. The van der Waals surface area contributed by atoms with Crippen LogP contribution < -0.4 is 16.0 Å². The molecule has 3 heterocycles. The number of rotatable bonds is 9. The summed E-state index contributed by atoms with van der Waals surface area (Å²) in [6.45, 7) is 5.32. The van der Waals surface area contributed by atoms with Crippen molar-refractivity contribution in [3.05, 3.63) is 18.6 Å². The Morgan fingerprint density at radius 3 is 3.04 bits per heavy atom. The van der Waals surface area contributed by atoms with Gasteiger partial charge in [-0.25, -0.2) is 14.8 Å². The molecule has 2 amide bonds. The second kappa shape index (κ2) is 9.03. The van der Waals surface area contributed by atoms with Crippen molar-refractivity contribution >= 4 is 22.9 Å². The molecule has 3 rings (SSSR count). The number of hydrogen-bond acceptors (Lipinski definition) is 5. The van der Waals surface area contributed by atoms with Gasteiger partial charge in [-0.05, 0) is 45.2 Å². The van der Waals surface area contributed by atoms with Gasteiger partial charge in [0.2, 0.25) is 0 Å². The average molecular weight is 374 g/mol. The molecule has 0 aliphatic carbocycles. The molecule has 0 spiro atoms. The van der Waals surface area contributed by atoms with Crippen LogP contribution in [-0.2, 0) is 0 Å². The van der Waals surface area contributed by atoms with Gasteiger partial charge in [0.05, 0.1) is 5.39 Å². The number of carbonyl (C=O) groups excluding carboxylic acids is 1. The van der Waals surface area contributed by atoms with E-state index in [2.05, 4.69) is 42.7 Å². The van der Waals surface area contributed by atoms with E-state index in [1.807, 2.05) is 19.3 Å². The second-order valence-electron chi connectivity index (χ2n) is 7.16. The quantitative estimate of drug-likeness (QED) is 0.506. The number of aromatic nitrogens is 3. The highest BCUT2D eigenvalue weighted by atomic mass is 16.2. The molecule has 1 aliphatic rings. The number of likely N-dealkylation sites (N-methyl/N-ethyl adjacent to an activating group) is 1. The molecule has 27 heavy (non-hydrogen) atoms. The maximum atomic E-state index is 12.6. The molecule has 4 N–H and O–H groups in total. The monoisotopic (exact) mass is 373 g/mol. The number of carbonyl (C=O) groups is 1. The number of H-pyrrole nitrogens is 1. The van der Waals surface area contributed by atoms with E-state index < -0.39 is 0 Å². The fraction of sp³-hybridized carbons (Fsp3) is 0.632. The topological polar surface area (TPSA) is 98.0 Å². The van der Waals surface area contributed by atoms with Crippen molar-refractivity contribution in [1.82, 2.24) is 30.5 Å². The standard InChI is InChI=1S/C19H31N7O/c1-3-19(8-5-13-26(19)18(27)23-12-11-20-2)7-4-9-21-16-15-6-10-22-17(15)25-14-24-16/h6,10,14,20H,3-5,7-9,11-13H2,1-2H3,(H,23,27)(H2,21,22,24,25). The lowest BCUT2D eigenvalue weighted by molar-refractivity contribution is 0.133.